The molecule has 0 radical (unpaired) electrons. The molecule has 1 N–H and O–H groups in total. The molecule has 1 fully saturated rings. The summed E-state index contributed by atoms with van der Waals surface area (Å²) >= 11 is 3.30. The van der Waals surface area contributed by atoms with Crippen LogP contribution < -0.4 is 10.1 Å². The van der Waals surface area contributed by atoms with E-state index < -0.39 is 0 Å². The van der Waals surface area contributed by atoms with Crippen LogP contribution in [0.2, 0.25) is 0 Å². The first-order chi connectivity index (χ1) is 7.70. The highest BCUT2D eigenvalue weighted by Crippen LogP contribution is 2.29. The van der Waals surface area contributed by atoms with Gasteiger partial charge in [-0.1, -0.05) is 0 Å². The highest BCUT2D eigenvalue weighted by atomic mass is 79.9. The van der Waals surface area contributed by atoms with E-state index in [0.717, 1.165) is 31.5 Å². The van der Waals surface area contributed by atoms with Crippen molar-refractivity contribution >= 4 is 15.9 Å². The van der Waals surface area contributed by atoms with E-state index in [1.165, 1.54) is 6.07 Å². The Morgan fingerprint density at radius 1 is 1.56 bits per heavy atom. The van der Waals surface area contributed by atoms with Crippen LogP contribution in [0.1, 0.15) is 12.0 Å². The lowest BCUT2D eigenvalue weighted by molar-refractivity contribution is 0.409. The molecule has 1 atom stereocenters. The quantitative estimate of drug-likeness (QED) is 0.923. The Morgan fingerprint density at radius 3 is 3.00 bits per heavy atom. The van der Waals surface area contributed by atoms with E-state index in [9.17, 15) is 4.39 Å². The standard InChI is InChI=1S/C12H15BrFNO/c1-16-10-5-9(12(13)11(14)6-10)4-8-2-3-15-7-8/h5-6,8,15H,2-4,7H2,1H3. The largest absolute Gasteiger partial charge is 0.497 e. The molecule has 16 heavy (non-hydrogen) atoms. The number of nitrogens with one attached hydrogen (secondary N) is 1. The van der Waals surface area contributed by atoms with Crippen molar-refractivity contribution in [1.82, 2.24) is 5.32 Å². The van der Waals surface area contributed by atoms with Crippen LogP contribution >= 0.6 is 15.9 Å². The molecule has 1 unspecified atom stereocenters. The molecule has 0 aromatic heterocycles. The van der Waals surface area contributed by atoms with Gasteiger partial charge in [0.15, 0.2) is 0 Å². The molecule has 0 aliphatic carbocycles. The fraction of sp³-hybridized carbons (Fsp3) is 0.500. The molecule has 2 rings (SSSR count). The van der Waals surface area contributed by atoms with Gasteiger partial charge in [-0.15, -0.1) is 0 Å². The van der Waals surface area contributed by atoms with Crippen molar-refractivity contribution in [3.8, 4) is 5.75 Å². The summed E-state index contributed by atoms with van der Waals surface area (Å²) in [7, 11) is 1.56. The van der Waals surface area contributed by atoms with E-state index in [4.69, 9.17) is 4.74 Å². The zero-order chi connectivity index (χ0) is 11.5. The molecule has 0 spiro atoms. The summed E-state index contributed by atoms with van der Waals surface area (Å²) in [5.74, 6) is 0.935. The average molecular weight is 288 g/mol. The number of ether oxygens (including phenoxy) is 1. The molecule has 0 bridgehead atoms. The van der Waals surface area contributed by atoms with Crippen molar-refractivity contribution in [3.05, 3.63) is 28.0 Å². The van der Waals surface area contributed by atoms with E-state index in [1.807, 2.05) is 6.07 Å². The summed E-state index contributed by atoms with van der Waals surface area (Å²) in [5, 5.41) is 3.31. The maximum absolute atomic E-state index is 13.6. The Hall–Kier alpha value is -0.610. The molecule has 88 valence electrons. The van der Waals surface area contributed by atoms with Gasteiger partial charge in [-0.25, -0.2) is 4.39 Å². The molecule has 1 aromatic carbocycles. The van der Waals surface area contributed by atoms with Crippen LogP contribution in [-0.2, 0) is 6.42 Å². The Labute approximate surface area is 103 Å². The van der Waals surface area contributed by atoms with E-state index in [2.05, 4.69) is 21.2 Å². The van der Waals surface area contributed by atoms with Gasteiger partial charge in [-0.05, 0) is 59.4 Å². The topological polar surface area (TPSA) is 21.3 Å². The van der Waals surface area contributed by atoms with E-state index in [1.54, 1.807) is 7.11 Å². The maximum atomic E-state index is 13.6. The summed E-state index contributed by atoms with van der Waals surface area (Å²) in [6.07, 6.45) is 2.05. The zero-order valence-corrected chi connectivity index (χ0v) is 10.8. The van der Waals surface area contributed by atoms with Crippen molar-refractivity contribution in [2.75, 3.05) is 20.2 Å². The Morgan fingerprint density at radius 2 is 2.38 bits per heavy atom. The SMILES string of the molecule is COc1cc(F)c(Br)c(CC2CCNC2)c1. The van der Waals surface area contributed by atoms with Crippen LogP contribution in [0.3, 0.4) is 0 Å². The van der Waals surface area contributed by atoms with Crippen molar-refractivity contribution in [2.24, 2.45) is 5.92 Å². The van der Waals surface area contributed by atoms with Crippen molar-refractivity contribution in [2.45, 2.75) is 12.8 Å². The molecule has 4 heteroatoms. The summed E-state index contributed by atoms with van der Waals surface area (Å²) in [4.78, 5) is 0. The van der Waals surface area contributed by atoms with Gasteiger partial charge < -0.3 is 10.1 Å². The van der Waals surface area contributed by atoms with Gasteiger partial charge >= 0.3 is 0 Å². The smallest absolute Gasteiger partial charge is 0.141 e. The maximum Gasteiger partial charge on any atom is 0.141 e. The van der Waals surface area contributed by atoms with Crippen LogP contribution in [0, 0.1) is 11.7 Å². The third-order valence-electron chi connectivity index (χ3n) is 2.98. The van der Waals surface area contributed by atoms with E-state index >= 15 is 0 Å². The predicted molar refractivity (Wildman–Crippen MR) is 65.3 cm³/mol. The van der Waals surface area contributed by atoms with Crippen molar-refractivity contribution < 1.29 is 9.13 Å². The average Bonchev–Trinajstić information content (AvgIpc) is 2.77. The second kappa shape index (κ2) is 5.15. The summed E-state index contributed by atoms with van der Waals surface area (Å²) in [6.45, 7) is 2.08. The highest BCUT2D eigenvalue weighted by Gasteiger charge is 2.18. The van der Waals surface area contributed by atoms with Crippen molar-refractivity contribution in [1.29, 1.82) is 0 Å². The molecule has 0 amide bonds. The van der Waals surface area contributed by atoms with Gasteiger partial charge in [0.2, 0.25) is 0 Å². The molecule has 1 aliphatic heterocycles. The monoisotopic (exact) mass is 287 g/mol. The molecule has 2 nitrogen and oxygen atoms in total. The number of methoxy groups -OCH3 is 1. The summed E-state index contributed by atoms with van der Waals surface area (Å²) < 4.78 is 19.2. The number of hydrogen-bond acceptors (Lipinski definition) is 2. The van der Waals surface area contributed by atoms with Crippen LogP contribution in [0.4, 0.5) is 4.39 Å². The molecular weight excluding hydrogens is 273 g/mol. The van der Waals surface area contributed by atoms with Gasteiger partial charge in [0, 0.05) is 6.07 Å². The van der Waals surface area contributed by atoms with Crippen LogP contribution in [0.15, 0.2) is 16.6 Å². The Kier molecular flexibility index (Phi) is 3.82. The van der Waals surface area contributed by atoms with Gasteiger partial charge in [0.05, 0.1) is 11.6 Å². The molecule has 1 aromatic rings. The second-order valence-corrected chi connectivity index (χ2v) is 4.94. The van der Waals surface area contributed by atoms with E-state index in [0.29, 0.717) is 16.1 Å². The molecule has 1 saturated heterocycles. The first kappa shape index (κ1) is 11.9. The Bertz CT molecular complexity index is 378. The summed E-state index contributed by atoms with van der Waals surface area (Å²) in [6, 6.07) is 3.31. The zero-order valence-electron chi connectivity index (χ0n) is 9.22. The minimum Gasteiger partial charge on any atom is -0.497 e. The van der Waals surface area contributed by atoms with Gasteiger partial charge in [0.25, 0.3) is 0 Å². The fourth-order valence-corrected chi connectivity index (χ4v) is 2.48. The lowest BCUT2D eigenvalue weighted by Gasteiger charge is -2.12. The van der Waals surface area contributed by atoms with Gasteiger partial charge in [0.1, 0.15) is 11.6 Å². The third kappa shape index (κ3) is 2.55. The summed E-state index contributed by atoms with van der Waals surface area (Å²) in [5.41, 5.74) is 0.991. The number of halogens is 2. The first-order valence-electron chi connectivity index (χ1n) is 5.43. The van der Waals surface area contributed by atoms with Crippen LogP contribution in [0.25, 0.3) is 0 Å². The van der Waals surface area contributed by atoms with Gasteiger partial charge in [-0.2, -0.15) is 0 Å². The highest BCUT2D eigenvalue weighted by molar-refractivity contribution is 9.10. The molecule has 0 saturated carbocycles. The number of hydrogen-bond donors (Lipinski definition) is 1. The van der Waals surface area contributed by atoms with Crippen LogP contribution in [0.5, 0.6) is 5.75 Å². The second-order valence-electron chi connectivity index (χ2n) is 4.15. The predicted octanol–water partition coefficient (Wildman–Crippen LogP) is 2.75. The normalized spacial score (nSPS) is 20.1. The van der Waals surface area contributed by atoms with Gasteiger partial charge in [-0.3, -0.25) is 0 Å². The Balaban J connectivity index is 2.20. The third-order valence-corrected chi connectivity index (χ3v) is 3.87. The molecule has 1 aliphatic rings. The first-order valence-corrected chi connectivity index (χ1v) is 6.22. The fourth-order valence-electron chi connectivity index (χ4n) is 2.08. The van der Waals surface area contributed by atoms with Crippen molar-refractivity contribution in [3.63, 3.8) is 0 Å². The van der Waals surface area contributed by atoms with Crippen LogP contribution in [-0.4, -0.2) is 20.2 Å². The van der Waals surface area contributed by atoms with E-state index in [-0.39, 0.29) is 5.82 Å². The molecular formula is C12H15BrFNO. The number of benzene rings is 1. The minimum atomic E-state index is -0.250. The molecule has 1 heterocycles. The number of rotatable bonds is 3. The lowest BCUT2D eigenvalue weighted by atomic mass is 9.98. The minimum absolute atomic E-state index is 0.250. The lowest BCUT2D eigenvalue weighted by Crippen LogP contribution is -2.11.